The predicted molar refractivity (Wildman–Crippen MR) is 57.2 cm³/mol. The summed E-state index contributed by atoms with van der Waals surface area (Å²) in [6.45, 7) is 1.05. The Hall–Kier alpha value is -1.36. The summed E-state index contributed by atoms with van der Waals surface area (Å²) in [5, 5.41) is 3.40. The molecule has 1 unspecified atom stereocenters. The Morgan fingerprint density at radius 1 is 1.69 bits per heavy atom. The number of piperidine rings is 1. The number of carbonyl (C=O) groups excluding carboxylic acids is 1. The van der Waals surface area contributed by atoms with Gasteiger partial charge in [-0.15, -0.1) is 0 Å². The Balaban J connectivity index is 1.94. The van der Waals surface area contributed by atoms with Crippen LogP contribution in [0.4, 0.5) is 0 Å². The molecule has 0 amide bonds. The van der Waals surface area contributed by atoms with Crippen molar-refractivity contribution in [3.63, 3.8) is 0 Å². The first-order valence-electron chi connectivity index (χ1n) is 5.55. The molecule has 0 radical (unpaired) electrons. The third-order valence-corrected chi connectivity index (χ3v) is 2.78. The highest BCUT2D eigenvalue weighted by Gasteiger charge is 2.18. The molecular weight excluding hydrogens is 208 g/mol. The van der Waals surface area contributed by atoms with E-state index in [4.69, 9.17) is 4.42 Å². The maximum atomic E-state index is 11.2. The summed E-state index contributed by atoms with van der Waals surface area (Å²) < 4.78 is 9.80. The number of hydrogen-bond acceptors (Lipinski definition) is 5. The molecule has 1 aromatic heterocycles. The van der Waals surface area contributed by atoms with Crippen LogP contribution >= 0.6 is 0 Å². The van der Waals surface area contributed by atoms with Gasteiger partial charge in [-0.25, -0.2) is 9.78 Å². The molecule has 2 rings (SSSR count). The first-order valence-corrected chi connectivity index (χ1v) is 5.55. The number of aromatic nitrogens is 1. The zero-order valence-corrected chi connectivity index (χ0v) is 9.36. The van der Waals surface area contributed by atoms with Crippen LogP contribution in [0.1, 0.15) is 35.6 Å². The summed E-state index contributed by atoms with van der Waals surface area (Å²) in [7, 11) is 1.33. The van der Waals surface area contributed by atoms with Gasteiger partial charge in [0.15, 0.2) is 11.6 Å². The molecule has 5 heteroatoms. The number of ether oxygens (including phenoxy) is 1. The van der Waals surface area contributed by atoms with Crippen molar-refractivity contribution in [2.45, 2.75) is 31.7 Å². The molecule has 1 saturated heterocycles. The molecular formula is C11H16N2O3. The van der Waals surface area contributed by atoms with Crippen LogP contribution in [-0.2, 0) is 11.2 Å². The van der Waals surface area contributed by atoms with E-state index < -0.39 is 5.97 Å². The zero-order valence-electron chi connectivity index (χ0n) is 9.36. The second kappa shape index (κ2) is 5.12. The first-order chi connectivity index (χ1) is 7.79. The molecule has 2 heterocycles. The number of esters is 1. The summed E-state index contributed by atoms with van der Waals surface area (Å²) in [5.74, 6) is 0.145. The molecule has 0 aromatic carbocycles. The highest BCUT2D eigenvalue weighted by Crippen LogP contribution is 2.12. The number of oxazole rings is 1. The lowest BCUT2D eigenvalue weighted by Crippen LogP contribution is -2.35. The molecule has 1 aliphatic heterocycles. The lowest BCUT2D eigenvalue weighted by molar-refractivity contribution is 0.0594. The third-order valence-electron chi connectivity index (χ3n) is 2.78. The maximum absolute atomic E-state index is 11.2. The fourth-order valence-corrected chi connectivity index (χ4v) is 1.91. The monoisotopic (exact) mass is 224 g/mol. The Kier molecular flexibility index (Phi) is 3.56. The summed E-state index contributed by atoms with van der Waals surface area (Å²) in [6.07, 6.45) is 5.69. The van der Waals surface area contributed by atoms with Crippen molar-refractivity contribution in [3.8, 4) is 0 Å². The first kappa shape index (κ1) is 11.1. The standard InChI is InChI=1S/C11H16N2O3/c1-15-11(14)9-7-16-10(13-9)6-8-4-2-3-5-12-8/h7-8,12H,2-6H2,1H3. The second-order valence-corrected chi connectivity index (χ2v) is 3.97. The summed E-state index contributed by atoms with van der Waals surface area (Å²) in [6, 6.07) is 0.415. The van der Waals surface area contributed by atoms with Gasteiger partial charge in [-0.3, -0.25) is 0 Å². The van der Waals surface area contributed by atoms with Gasteiger partial charge in [0.05, 0.1) is 7.11 Å². The molecule has 1 aliphatic rings. The minimum Gasteiger partial charge on any atom is -0.464 e. The van der Waals surface area contributed by atoms with Crippen molar-refractivity contribution >= 4 is 5.97 Å². The summed E-state index contributed by atoms with van der Waals surface area (Å²) >= 11 is 0. The van der Waals surface area contributed by atoms with Gasteiger partial charge in [0.2, 0.25) is 0 Å². The van der Waals surface area contributed by atoms with Crippen LogP contribution in [0.25, 0.3) is 0 Å². The molecule has 0 aliphatic carbocycles. The van der Waals surface area contributed by atoms with Crippen molar-refractivity contribution in [1.82, 2.24) is 10.3 Å². The number of nitrogens with zero attached hydrogens (tertiary/aromatic N) is 1. The number of hydrogen-bond donors (Lipinski definition) is 1. The van der Waals surface area contributed by atoms with Crippen molar-refractivity contribution in [2.24, 2.45) is 0 Å². The largest absolute Gasteiger partial charge is 0.464 e. The Morgan fingerprint density at radius 3 is 3.25 bits per heavy atom. The summed E-state index contributed by atoms with van der Waals surface area (Å²) in [4.78, 5) is 15.3. The molecule has 1 atom stereocenters. The van der Waals surface area contributed by atoms with E-state index in [0.717, 1.165) is 19.4 Å². The number of methoxy groups -OCH3 is 1. The van der Waals surface area contributed by atoms with Gasteiger partial charge in [0.25, 0.3) is 0 Å². The van der Waals surface area contributed by atoms with Gasteiger partial charge in [0, 0.05) is 12.5 Å². The van der Waals surface area contributed by atoms with E-state index in [0.29, 0.717) is 11.9 Å². The normalized spacial score (nSPS) is 20.7. The minimum atomic E-state index is -0.452. The van der Waals surface area contributed by atoms with E-state index in [1.807, 2.05) is 0 Å². The fourth-order valence-electron chi connectivity index (χ4n) is 1.91. The number of nitrogens with one attached hydrogen (secondary N) is 1. The predicted octanol–water partition coefficient (Wildman–Crippen LogP) is 1.15. The van der Waals surface area contributed by atoms with Crippen molar-refractivity contribution in [3.05, 3.63) is 17.8 Å². The number of carbonyl (C=O) groups is 1. The average molecular weight is 224 g/mol. The van der Waals surface area contributed by atoms with Crippen LogP contribution in [-0.4, -0.2) is 30.6 Å². The molecule has 0 spiro atoms. The topological polar surface area (TPSA) is 64.4 Å². The van der Waals surface area contributed by atoms with Gasteiger partial charge in [-0.1, -0.05) is 6.42 Å². The molecule has 5 nitrogen and oxygen atoms in total. The Bertz CT molecular complexity index is 356. The van der Waals surface area contributed by atoms with E-state index in [1.54, 1.807) is 0 Å². The van der Waals surface area contributed by atoms with Crippen LogP contribution < -0.4 is 5.32 Å². The van der Waals surface area contributed by atoms with Gasteiger partial charge in [0.1, 0.15) is 6.26 Å². The van der Waals surface area contributed by atoms with Gasteiger partial charge in [-0.2, -0.15) is 0 Å². The van der Waals surface area contributed by atoms with Crippen molar-refractivity contribution < 1.29 is 13.9 Å². The molecule has 0 bridgehead atoms. The highest BCUT2D eigenvalue weighted by molar-refractivity contribution is 5.86. The molecule has 88 valence electrons. The fraction of sp³-hybridized carbons (Fsp3) is 0.636. The van der Waals surface area contributed by atoms with Crippen LogP contribution in [0.2, 0.25) is 0 Å². The molecule has 0 saturated carbocycles. The molecule has 1 N–H and O–H groups in total. The average Bonchev–Trinajstić information content (AvgIpc) is 2.78. The van der Waals surface area contributed by atoms with E-state index >= 15 is 0 Å². The van der Waals surface area contributed by atoms with E-state index in [2.05, 4.69) is 15.0 Å². The Labute approximate surface area is 94.2 Å². The van der Waals surface area contributed by atoms with Crippen LogP contribution in [0.3, 0.4) is 0 Å². The Morgan fingerprint density at radius 2 is 2.56 bits per heavy atom. The van der Waals surface area contributed by atoms with Crippen molar-refractivity contribution in [1.29, 1.82) is 0 Å². The lowest BCUT2D eigenvalue weighted by Gasteiger charge is -2.21. The van der Waals surface area contributed by atoms with E-state index in [1.165, 1.54) is 26.2 Å². The smallest absolute Gasteiger partial charge is 0.360 e. The van der Waals surface area contributed by atoms with E-state index in [9.17, 15) is 4.79 Å². The molecule has 16 heavy (non-hydrogen) atoms. The summed E-state index contributed by atoms with van der Waals surface area (Å²) in [5.41, 5.74) is 0.244. The van der Waals surface area contributed by atoms with Crippen LogP contribution in [0, 0.1) is 0 Å². The highest BCUT2D eigenvalue weighted by atomic mass is 16.5. The third kappa shape index (κ3) is 2.61. The van der Waals surface area contributed by atoms with Crippen molar-refractivity contribution in [2.75, 3.05) is 13.7 Å². The molecule has 1 aromatic rings. The SMILES string of the molecule is COC(=O)c1coc(CC2CCCCN2)n1. The molecule has 1 fully saturated rings. The second-order valence-electron chi connectivity index (χ2n) is 3.97. The van der Waals surface area contributed by atoms with Gasteiger partial charge < -0.3 is 14.5 Å². The quantitative estimate of drug-likeness (QED) is 0.780. The minimum absolute atomic E-state index is 0.244. The van der Waals surface area contributed by atoms with E-state index in [-0.39, 0.29) is 5.69 Å². The van der Waals surface area contributed by atoms with Gasteiger partial charge in [-0.05, 0) is 19.4 Å². The zero-order chi connectivity index (χ0) is 11.4. The van der Waals surface area contributed by atoms with Gasteiger partial charge >= 0.3 is 5.97 Å². The lowest BCUT2D eigenvalue weighted by atomic mass is 10.0. The number of rotatable bonds is 3. The maximum Gasteiger partial charge on any atom is 0.360 e. The van der Waals surface area contributed by atoms with Crippen LogP contribution in [0.15, 0.2) is 10.7 Å². The van der Waals surface area contributed by atoms with Crippen LogP contribution in [0.5, 0.6) is 0 Å².